The predicted octanol–water partition coefficient (Wildman–Crippen LogP) is 1.53. The number of ether oxygens (including phenoxy) is 2. The molecule has 0 amide bonds. The number of allylic oxidation sites excluding steroid dienone is 1. The second-order valence-electron chi connectivity index (χ2n) is 5.27. The van der Waals surface area contributed by atoms with Crippen LogP contribution in [0.1, 0.15) is 20.3 Å². The van der Waals surface area contributed by atoms with Gasteiger partial charge >= 0.3 is 0 Å². The Hall–Kier alpha value is -0.670. The van der Waals surface area contributed by atoms with Gasteiger partial charge in [0.15, 0.2) is 11.6 Å². The summed E-state index contributed by atoms with van der Waals surface area (Å²) in [6, 6.07) is 0. The Labute approximate surface area is 89.4 Å². The largest absolute Gasteiger partial charge is 0.350 e. The second kappa shape index (κ2) is 2.71. The van der Waals surface area contributed by atoms with Gasteiger partial charge in [-0.05, 0) is 13.0 Å². The van der Waals surface area contributed by atoms with Crippen molar-refractivity contribution in [3.05, 3.63) is 12.2 Å². The van der Waals surface area contributed by atoms with Crippen molar-refractivity contribution in [2.24, 2.45) is 17.3 Å². The normalized spacial score (nSPS) is 53.1. The molecule has 1 aliphatic carbocycles. The van der Waals surface area contributed by atoms with E-state index in [2.05, 4.69) is 6.08 Å². The molecule has 82 valence electrons. The van der Waals surface area contributed by atoms with Gasteiger partial charge in [0.1, 0.15) is 0 Å². The van der Waals surface area contributed by atoms with Gasteiger partial charge in [0.05, 0.1) is 13.2 Å². The molecule has 0 aromatic carbocycles. The molecule has 0 N–H and O–H groups in total. The van der Waals surface area contributed by atoms with Gasteiger partial charge in [0.25, 0.3) is 0 Å². The van der Waals surface area contributed by atoms with Crippen molar-refractivity contribution in [2.75, 3.05) is 13.2 Å². The van der Waals surface area contributed by atoms with Crippen LogP contribution in [-0.4, -0.2) is 24.8 Å². The topological polar surface area (TPSA) is 35.5 Å². The summed E-state index contributed by atoms with van der Waals surface area (Å²) in [7, 11) is 0. The molecule has 2 heterocycles. The van der Waals surface area contributed by atoms with Crippen LogP contribution in [0.2, 0.25) is 0 Å². The van der Waals surface area contributed by atoms with Crippen LogP contribution in [0.15, 0.2) is 12.2 Å². The van der Waals surface area contributed by atoms with Gasteiger partial charge in [0, 0.05) is 23.7 Å². The number of hydrogen-bond acceptors (Lipinski definition) is 3. The summed E-state index contributed by atoms with van der Waals surface area (Å²) in [5.41, 5.74) is 0.0559. The number of ketones is 1. The van der Waals surface area contributed by atoms with E-state index in [0.29, 0.717) is 19.1 Å². The lowest BCUT2D eigenvalue weighted by atomic mass is 9.63. The van der Waals surface area contributed by atoms with Gasteiger partial charge in [-0.25, -0.2) is 0 Å². The van der Waals surface area contributed by atoms with Gasteiger partial charge in [0.2, 0.25) is 0 Å². The fourth-order valence-corrected chi connectivity index (χ4v) is 3.22. The zero-order valence-electron chi connectivity index (χ0n) is 9.16. The van der Waals surface area contributed by atoms with Crippen LogP contribution >= 0.6 is 0 Å². The van der Waals surface area contributed by atoms with E-state index in [4.69, 9.17) is 9.47 Å². The van der Waals surface area contributed by atoms with Crippen LogP contribution in [0.3, 0.4) is 0 Å². The van der Waals surface area contributed by atoms with Crippen LogP contribution in [0.5, 0.6) is 0 Å². The molecule has 3 nitrogen and oxygen atoms in total. The van der Waals surface area contributed by atoms with E-state index < -0.39 is 5.79 Å². The monoisotopic (exact) mass is 208 g/mol. The summed E-state index contributed by atoms with van der Waals surface area (Å²) < 4.78 is 11.5. The maximum atomic E-state index is 11.6. The average Bonchev–Trinajstić information content (AvgIpc) is 2.46. The van der Waals surface area contributed by atoms with E-state index in [1.165, 1.54) is 0 Å². The number of hydrogen-bond donors (Lipinski definition) is 0. The molecule has 0 radical (unpaired) electrons. The summed E-state index contributed by atoms with van der Waals surface area (Å²) in [4.78, 5) is 11.6. The van der Waals surface area contributed by atoms with Gasteiger partial charge < -0.3 is 9.47 Å². The van der Waals surface area contributed by atoms with Gasteiger partial charge in [-0.2, -0.15) is 0 Å². The summed E-state index contributed by atoms with van der Waals surface area (Å²) in [5.74, 6) is 0.178. The minimum atomic E-state index is -0.416. The van der Waals surface area contributed by atoms with E-state index in [9.17, 15) is 4.79 Å². The second-order valence-corrected chi connectivity index (χ2v) is 5.27. The molecule has 3 aliphatic rings. The summed E-state index contributed by atoms with van der Waals surface area (Å²) in [5, 5.41) is 0. The van der Waals surface area contributed by atoms with Gasteiger partial charge in [-0.3, -0.25) is 4.79 Å². The predicted molar refractivity (Wildman–Crippen MR) is 54.2 cm³/mol. The van der Waals surface area contributed by atoms with E-state index >= 15 is 0 Å². The van der Waals surface area contributed by atoms with Crippen LogP contribution in [0.4, 0.5) is 0 Å². The van der Waals surface area contributed by atoms with Gasteiger partial charge in [-0.15, -0.1) is 0 Å². The zero-order valence-corrected chi connectivity index (χ0v) is 9.16. The standard InChI is InChI=1S/C12H16O3/c1-8-9-5-14-11(2)6-12(9,7-15-11)4-3-10(8)13/h3-4,8-9H,5-7H2,1-2H3/t8?,9?,11?,12-/m1/s1. The molecule has 15 heavy (non-hydrogen) atoms. The summed E-state index contributed by atoms with van der Waals surface area (Å²) >= 11 is 0. The van der Waals surface area contributed by atoms with Crippen molar-refractivity contribution in [1.29, 1.82) is 0 Å². The van der Waals surface area contributed by atoms with Crippen molar-refractivity contribution in [1.82, 2.24) is 0 Å². The Morgan fingerprint density at radius 1 is 1.47 bits per heavy atom. The number of carbonyl (C=O) groups is 1. The molecule has 3 heteroatoms. The fraction of sp³-hybridized carbons (Fsp3) is 0.750. The highest BCUT2D eigenvalue weighted by molar-refractivity contribution is 5.93. The first-order chi connectivity index (χ1) is 7.05. The quantitative estimate of drug-likeness (QED) is 0.605. The van der Waals surface area contributed by atoms with Crippen molar-refractivity contribution in [3.8, 4) is 0 Å². The smallest absolute Gasteiger partial charge is 0.166 e. The van der Waals surface area contributed by atoms with Crippen molar-refractivity contribution >= 4 is 5.78 Å². The third kappa shape index (κ3) is 1.16. The average molecular weight is 208 g/mol. The first-order valence-corrected chi connectivity index (χ1v) is 5.56. The lowest BCUT2D eigenvalue weighted by Crippen LogP contribution is -2.48. The van der Waals surface area contributed by atoms with Crippen LogP contribution in [-0.2, 0) is 14.3 Å². The van der Waals surface area contributed by atoms with Gasteiger partial charge in [-0.1, -0.05) is 13.0 Å². The minimum Gasteiger partial charge on any atom is -0.350 e. The van der Waals surface area contributed by atoms with Crippen molar-refractivity contribution in [3.63, 3.8) is 0 Å². The van der Waals surface area contributed by atoms with E-state index in [-0.39, 0.29) is 17.1 Å². The molecule has 1 spiro atoms. The summed E-state index contributed by atoms with van der Waals surface area (Å²) in [6.45, 7) is 5.34. The molecule has 0 aromatic rings. The Morgan fingerprint density at radius 3 is 3.07 bits per heavy atom. The minimum absolute atomic E-state index is 0.0559. The van der Waals surface area contributed by atoms with Crippen molar-refractivity contribution in [2.45, 2.75) is 26.1 Å². The Bertz CT molecular complexity index is 349. The lowest BCUT2D eigenvalue weighted by Gasteiger charge is -2.44. The third-order valence-corrected chi connectivity index (χ3v) is 4.23. The first kappa shape index (κ1) is 9.55. The maximum Gasteiger partial charge on any atom is 0.166 e. The SMILES string of the molecule is CC1C(=O)C=C[C@]23COC(C)(C2)OCC13. The highest BCUT2D eigenvalue weighted by atomic mass is 16.7. The number of fused-ring (bicyclic) bond motifs is 1. The molecule has 4 atom stereocenters. The third-order valence-electron chi connectivity index (χ3n) is 4.23. The molecule has 0 aromatic heterocycles. The zero-order chi connectivity index (χ0) is 10.7. The Morgan fingerprint density at radius 2 is 2.27 bits per heavy atom. The molecule has 3 rings (SSSR count). The summed E-state index contributed by atoms with van der Waals surface area (Å²) in [6.07, 6.45) is 4.69. The van der Waals surface area contributed by atoms with E-state index in [1.807, 2.05) is 13.8 Å². The highest BCUT2D eigenvalue weighted by Crippen LogP contribution is 2.54. The first-order valence-electron chi connectivity index (χ1n) is 5.56. The molecule has 3 unspecified atom stereocenters. The number of rotatable bonds is 0. The molecule has 2 saturated heterocycles. The molecular weight excluding hydrogens is 192 g/mol. The van der Waals surface area contributed by atoms with E-state index in [0.717, 1.165) is 6.42 Å². The fourth-order valence-electron chi connectivity index (χ4n) is 3.22. The van der Waals surface area contributed by atoms with Crippen molar-refractivity contribution < 1.29 is 14.3 Å². The Kier molecular flexibility index (Phi) is 1.73. The molecule has 2 aliphatic heterocycles. The van der Waals surface area contributed by atoms with Crippen LogP contribution in [0, 0.1) is 17.3 Å². The van der Waals surface area contributed by atoms with Crippen LogP contribution in [0.25, 0.3) is 0 Å². The molecule has 2 fully saturated rings. The maximum absolute atomic E-state index is 11.6. The molecular formula is C12H16O3. The lowest BCUT2D eigenvalue weighted by molar-refractivity contribution is -0.213. The molecule has 0 saturated carbocycles. The molecule has 2 bridgehead atoms. The van der Waals surface area contributed by atoms with Crippen LogP contribution < -0.4 is 0 Å². The Balaban J connectivity index is 2.02. The number of carbonyl (C=O) groups excluding carboxylic acids is 1. The highest BCUT2D eigenvalue weighted by Gasteiger charge is 2.57. The van der Waals surface area contributed by atoms with E-state index in [1.54, 1.807) is 6.08 Å².